The van der Waals surface area contributed by atoms with Crippen molar-refractivity contribution in [3.05, 3.63) is 54.1 Å². The molecule has 0 aliphatic carbocycles. The fraction of sp³-hybridized carbons (Fsp3) is 0.167. The van der Waals surface area contributed by atoms with Crippen LogP contribution in [-0.4, -0.2) is 29.5 Å². The van der Waals surface area contributed by atoms with Crippen molar-refractivity contribution < 1.29 is 18.7 Å². The summed E-state index contributed by atoms with van der Waals surface area (Å²) in [5, 5.41) is 8.05. The zero-order valence-electron chi connectivity index (χ0n) is 13.8. The summed E-state index contributed by atoms with van der Waals surface area (Å²) in [5.74, 6) is 1.79. The highest BCUT2D eigenvalue weighted by molar-refractivity contribution is 8.13. The molecule has 3 rings (SSSR count). The van der Waals surface area contributed by atoms with Crippen LogP contribution in [0.25, 0.3) is 11.5 Å². The molecule has 0 saturated heterocycles. The summed E-state index contributed by atoms with van der Waals surface area (Å²) in [7, 11) is 3.19. The first kappa shape index (κ1) is 17.0. The van der Waals surface area contributed by atoms with Gasteiger partial charge in [0.15, 0.2) is 0 Å². The molecule has 25 heavy (non-hydrogen) atoms. The van der Waals surface area contributed by atoms with Crippen molar-refractivity contribution >= 4 is 16.9 Å². The summed E-state index contributed by atoms with van der Waals surface area (Å²) in [6, 6.07) is 14.6. The van der Waals surface area contributed by atoms with E-state index in [1.54, 1.807) is 20.3 Å². The summed E-state index contributed by atoms with van der Waals surface area (Å²) in [6.45, 7) is 0. The fourth-order valence-electron chi connectivity index (χ4n) is 2.17. The Kier molecular flexibility index (Phi) is 5.35. The Morgan fingerprint density at radius 2 is 1.80 bits per heavy atom. The average molecular weight is 356 g/mol. The minimum atomic E-state index is -0.0778. The lowest BCUT2D eigenvalue weighted by Gasteiger charge is -2.02. The number of aromatic nitrogens is 2. The number of rotatable bonds is 6. The summed E-state index contributed by atoms with van der Waals surface area (Å²) in [4.78, 5) is 12.2. The van der Waals surface area contributed by atoms with Gasteiger partial charge in [-0.25, -0.2) is 0 Å². The number of methoxy groups -OCH3 is 2. The van der Waals surface area contributed by atoms with Gasteiger partial charge in [-0.2, -0.15) is 0 Å². The Labute approximate surface area is 149 Å². The van der Waals surface area contributed by atoms with E-state index in [0.29, 0.717) is 11.6 Å². The molecule has 0 spiro atoms. The second-order valence-corrected chi connectivity index (χ2v) is 6.11. The lowest BCUT2D eigenvalue weighted by molar-refractivity contribution is -0.110. The smallest absolute Gasteiger partial charge is 0.284 e. The van der Waals surface area contributed by atoms with E-state index in [0.717, 1.165) is 28.6 Å². The first-order valence-electron chi connectivity index (χ1n) is 7.49. The van der Waals surface area contributed by atoms with Crippen molar-refractivity contribution in [2.75, 3.05) is 14.2 Å². The molecular formula is C18H16N2O4S. The highest BCUT2D eigenvalue weighted by atomic mass is 32.2. The van der Waals surface area contributed by atoms with Crippen LogP contribution in [0.3, 0.4) is 0 Å². The molecule has 3 aromatic rings. The van der Waals surface area contributed by atoms with Crippen LogP contribution in [0, 0.1) is 0 Å². The highest BCUT2D eigenvalue weighted by Crippen LogP contribution is 2.26. The Morgan fingerprint density at radius 3 is 2.52 bits per heavy atom. The van der Waals surface area contributed by atoms with E-state index >= 15 is 0 Å². The number of benzene rings is 2. The molecule has 128 valence electrons. The van der Waals surface area contributed by atoms with Crippen LogP contribution in [0.4, 0.5) is 0 Å². The molecule has 0 bridgehead atoms. The molecule has 0 unspecified atom stereocenters. The molecule has 1 aromatic heterocycles. The molecule has 0 aliphatic rings. The average Bonchev–Trinajstić information content (AvgIpc) is 3.10. The lowest BCUT2D eigenvalue weighted by atomic mass is 10.2. The molecule has 0 amide bonds. The predicted octanol–water partition coefficient (Wildman–Crippen LogP) is 3.62. The van der Waals surface area contributed by atoms with Crippen LogP contribution in [0.2, 0.25) is 0 Å². The highest BCUT2D eigenvalue weighted by Gasteiger charge is 2.14. The molecule has 0 fully saturated rings. The van der Waals surface area contributed by atoms with Gasteiger partial charge < -0.3 is 13.9 Å². The van der Waals surface area contributed by atoms with Crippen LogP contribution in [0.15, 0.2) is 58.2 Å². The fourth-order valence-corrected chi connectivity index (χ4v) is 2.80. The summed E-state index contributed by atoms with van der Waals surface area (Å²) in [6.07, 6.45) is 0.269. The van der Waals surface area contributed by atoms with Gasteiger partial charge in [-0.05, 0) is 35.9 Å². The molecule has 2 aromatic carbocycles. The maximum absolute atomic E-state index is 12.2. The van der Waals surface area contributed by atoms with Gasteiger partial charge in [0.1, 0.15) is 11.5 Å². The van der Waals surface area contributed by atoms with Gasteiger partial charge in [-0.15, -0.1) is 10.2 Å². The predicted molar refractivity (Wildman–Crippen MR) is 93.8 cm³/mol. The van der Waals surface area contributed by atoms with E-state index in [2.05, 4.69) is 10.2 Å². The maximum Gasteiger partial charge on any atom is 0.284 e. The SMILES string of the molecule is COc1ccc(CC(=O)Sc2nnc(-c3cccc(OC)c3)o2)cc1. The second-order valence-electron chi connectivity index (χ2n) is 5.10. The van der Waals surface area contributed by atoms with Crippen LogP contribution in [-0.2, 0) is 11.2 Å². The number of carbonyl (C=O) groups excluding carboxylic acids is 1. The van der Waals surface area contributed by atoms with Gasteiger partial charge >= 0.3 is 0 Å². The van der Waals surface area contributed by atoms with Gasteiger partial charge in [0.25, 0.3) is 5.22 Å². The Balaban J connectivity index is 1.64. The Morgan fingerprint density at radius 1 is 1.04 bits per heavy atom. The molecule has 0 N–H and O–H groups in total. The molecule has 0 radical (unpaired) electrons. The largest absolute Gasteiger partial charge is 0.497 e. The van der Waals surface area contributed by atoms with Crippen LogP contribution in [0.1, 0.15) is 5.56 Å². The third kappa shape index (κ3) is 4.39. The van der Waals surface area contributed by atoms with Gasteiger partial charge in [-0.3, -0.25) is 4.79 Å². The van der Waals surface area contributed by atoms with Crippen molar-refractivity contribution in [3.8, 4) is 23.0 Å². The van der Waals surface area contributed by atoms with Crippen molar-refractivity contribution in [3.63, 3.8) is 0 Å². The van der Waals surface area contributed by atoms with Crippen molar-refractivity contribution in [2.45, 2.75) is 11.6 Å². The number of hydrogen-bond acceptors (Lipinski definition) is 7. The van der Waals surface area contributed by atoms with Crippen LogP contribution < -0.4 is 9.47 Å². The minimum absolute atomic E-state index is 0.0778. The van der Waals surface area contributed by atoms with E-state index in [-0.39, 0.29) is 16.8 Å². The number of carbonyl (C=O) groups is 1. The molecule has 1 heterocycles. The first-order valence-corrected chi connectivity index (χ1v) is 8.31. The van der Waals surface area contributed by atoms with Gasteiger partial charge in [-0.1, -0.05) is 18.2 Å². The Bertz CT molecular complexity index is 862. The van der Waals surface area contributed by atoms with Crippen molar-refractivity contribution in [2.24, 2.45) is 0 Å². The van der Waals surface area contributed by atoms with E-state index in [4.69, 9.17) is 13.9 Å². The van der Waals surface area contributed by atoms with E-state index in [1.165, 1.54) is 0 Å². The number of thioether (sulfide) groups is 1. The number of nitrogens with zero attached hydrogens (tertiary/aromatic N) is 2. The molecule has 0 aliphatic heterocycles. The molecule has 0 saturated carbocycles. The quantitative estimate of drug-likeness (QED) is 0.625. The Hall–Kier alpha value is -2.80. The molecule has 7 heteroatoms. The third-order valence-corrected chi connectivity index (χ3v) is 4.14. The molecule has 6 nitrogen and oxygen atoms in total. The van der Waals surface area contributed by atoms with Crippen molar-refractivity contribution in [1.29, 1.82) is 0 Å². The lowest BCUT2D eigenvalue weighted by Crippen LogP contribution is -1.97. The van der Waals surface area contributed by atoms with Gasteiger partial charge in [0.2, 0.25) is 11.0 Å². The van der Waals surface area contributed by atoms with Crippen LogP contribution >= 0.6 is 11.8 Å². The van der Waals surface area contributed by atoms with E-state index in [9.17, 15) is 4.79 Å². The standard InChI is InChI=1S/C18H16N2O4S/c1-22-14-8-6-12(7-9-14)10-16(21)25-18-20-19-17(24-18)13-4-3-5-15(11-13)23-2/h3-9,11H,10H2,1-2H3. The van der Waals surface area contributed by atoms with Gasteiger partial charge in [0, 0.05) is 23.7 Å². The van der Waals surface area contributed by atoms with E-state index < -0.39 is 0 Å². The summed E-state index contributed by atoms with van der Waals surface area (Å²) in [5.41, 5.74) is 1.63. The maximum atomic E-state index is 12.2. The summed E-state index contributed by atoms with van der Waals surface area (Å²) >= 11 is 0.932. The summed E-state index contributed by atoms with van der Waals surface area (Å²) < 4.78 is 15.8. The zero-order chi connectivity index (χ0) is 17.6. The normalized spacial score (nSPS) is 10.5. The number of ether oxygens (including phenoxy) is 2. The minimum Gasteiger partial charge on any atom is -0.497 e. The third-order valence-electron chi connectivity index (χ3n) is 3.43. The molecular weight excluding hydrogens is 340 g/mol. The van der Waals surface area contributed by atoms with E-state index in [1.807, 2.05) is 42.5 Å². The topological polar surface area (TPSA) is 74.5 Å². The first-order chi connectivity index (χ1) is 12.2. The monoisotopic (exact) mass is 356 g/mol. The number of hydrogen-bond donors (Lipinski definition) is 0. The van der Waals surface area contributed by atoms with Crippen LogP contribution in [0.5, 0.6) is 11.5 Å². The molecule has 0 atom stereocenters. The zero-order valence-corrected chi connectivity index (χ0v) is 14.6. The van der Waals surface area contributed by atoms with Crippen molar-refractivity contribution in [1.82, 2.24) is 10.2 Å². The second kappa shape index (κ2) is 7.85. The van der Waals surface area contributed by atoms with Gasteiger partial charge in [0.05, 0.1) is 14.2 Å².